The van der Waals surface area contributed by atoms with Gasteiger partial charge in [0.25, 0.3) is 5.91 Å². The highest BCUT2D eigenvalue weighted by Gasteiger charge is 2.10. The maximum absolute atomic E-state index is 11.8. The minimum atomic E-state index is -0.261. The van der Waals surface area contributed by atoms with Crippen molar-refractivity contribution in [2.75, 3.05) is 25.6 Å². The molecule has 0 fully saturated rings. The fourth-order valence-corrected chi connectivity index (χ4v) is 1.52. The van der Waals surface area contributed by atoms with Crippen molar-refractivity contribution in [1.82, 2.24) is 5.32 Å². The van der Waals surface area contributed by atoms with E-state index in [9.17, 15) is 9.59 Å². The molecule has 0 radical (unpaired) electrons. The summed E-state index contributed by atoms with van der Waals surface area (Å²) in [7, 11) is 1.49. The van der Waals surface area contributed by atoms with Crippen LogP contribution in [-0.4, -0.2) is 37.2 Å². The average Bonchev–Trinajstić information content (AvgIpc) is 2.38. The summed E-state index contributed by atoms with van der Waals surface area (Å²) in [5.74, 6) is -0.0130. The van der Waals surface area contributed by atoms with Crippen molar-refractivity contribution in [3.63, 3.8) is 0 Å². The average molecular weight is 266 g/mol. The normalized spacial score (nSPS) is 9.84. The van der Waals surface area contributed by atoms with Crippen molar-refractivity contribution in [1.29, 1.82) is 0 Å². The van der Waals surface area contributed by atoms with E-state index in [1.54, 1.807) is 18.2 Å². The molecular weight excluding hydrogens is 248 g/mol. The molecule has 0 bridgehead atoms. The van der Waals surface area contributed by atoms with Crippen molar-refractivity contribution in [2.24, 2.45) is 0 Å². The number of methoxy groups -OCH3 is 1. The number of ether oxygens (including phenoxy) is 1. The Balaban J connectivity index is 2.84. The van der Waals surface area contributed by atoms with Crippen molar-refractivity contribution in [3.8, 4) is 5.75 Å². The van der Waals surface area contributed by atoms with Crippen LogP contribution in [0.3, 0.4) is 0 Å². The van der Waals surface area contributed by atoms with Crippen LogP contribution in [0.4, 0.5) is 5.69 Å². The lowest BCUT2D eigenvalue weighted by molar-refractivity contribution is -0.114. The summed E-state index contributed by atoms with van der Waals surface area (Å²) in [5, 5.41) is 13.9. The first-order chi connectivity index (χ1) is 9.08. The topological polar surface area (TPSA) is 87.7 Å². The van der Waals surface area contributed by atoms with Gasteiger partial charge in [-0.2, -0.15) is 0 Å². The first-order valence-corrected chi connectivity index (χ1v) is 5.93. The van der Waals surface area contributed by atoms with Gasteiger partial charge in [-0.25, -0.2) is 0 Å². The molecule has 19 heavy (non-hydrogen) atoms. The molecule has 0 atom stereocenters. The lowest BCUT2D eigenvalue weighted by Gasteiger charge is -2.11. The van der Waals surface area contributed by atoms with E-state index in [1.807, 2.05) is 0 Å². The number of hydrogen-bond acceptors (Lipinski definition) is 4. The van der Waals surface area contributed by atoms with E-state index in [0.717, 1.165) is 0 Å². The molecule has 0 spiro atoms. The van der Waals surface area contributed by atoms with Gasteiger partial charge in [0.15, 0.2) is 0 Å². The minimum Gasteiger partial charge on any atom is -0.495 e. The fourth-order valence-electron chi connectivity index (χ4n) is 1.52. The van der Waals surface area contributed by atoms with Crippen LogP contribution in [0.2, 0.25) is 0 Å². The van der Waals surface area contributed by atoms with Crippen LogP contribution in [0.15, 0.2) is 18.2 Å². The quantitative estimate of drug-likeness (QED) is 0.663. The second-order valence-corrected chi connectivity index (χ2v) is 3.93. The highest BCUT2D eigenvalue weighted by Crippen LogP contribution is 2.25. The summed E-state index contributed by atoms with van der Waals surface area (Å²) in [6.45, 7) is 1.81. The van der Waals surface area contributed by atoms with E-state index in [2.05, 4.69) is 10.6 Å². The Morgan fingerprint density at radius 2 is 2.11 bits per heavy atom. The molecule has 0 heterocycles. The second-order valence-electron chi connectivity index (χ2n) is 3.93. The molecule has 0 saturated heterocycles. The highest BCUT2D eigenvalue weighted by atomic mass is 16.5. The lowest BCUT2D eigenvalue weighted by atomic mass is 10.1. The second kappa shape index (κ2) is 7.38. The van der Waals surface area contributed by atoms with Gasteiger partial charge in [0, 0.05) is 25.6 Å². The summed E-state index contributed by atoms with van der Waals surface area (Å²) in [4.78, 5) is 22.9. The van der Waals surface area contributed by atoms with Crippen LogP contribution < -0.4 is 15.4 Å². The molecular formula is C13H18N2O4. The van der Waals surface area contributed by atoms with Crippen molar-refractivity contribution in [3.05, 3.63) is 23.8 Å². The molecule has 6 heteroatoms. The third kappa shape index (κ3) is 4.59. The Morgan fingerprint density at radius 1 is 1.37 bits per heavy atom. The maximum Gasteiger partial charge on any atom is 0.251 e. The van der Waals surface area contributed by atoms with Crippen molar-refractivity contribution >= 4 is 17.5 Å². The lowest BCUT2D eigenvalue weighted by Crippen LogP contribution is -2.25. The van der Waals surface area contributed by atoms with Crippen LogP contribution in [0.5, 0.6) is 5.75 Å². The Labute approximate surface area is 111 Å². The summed E-state index contributed by atoms with van der Waals surface area (Å²) in [6.07, 6.45) is 0.500. The summed E-state index contributed by atoms with van der Waals surface area (Å²) in [5.41, 5.74) is 0.868. The predicted molar refractivity (Wildman–Crippen MR) is 71.3 cm³/mol. The molecule has 0 unspecified atom stereocenters. The van der Waals surface area contributed by atoms with Gasteiger partial charge in [-0.05, 0) is 24.6 Å². The molecule has 104 valence electrons. The van der Waals surface area contributed by atoms with Crippen LogP contribution in [-0.2, 0) is 4.79 Å². The standard InChI is InChI=1S/C13H18N2O4/c1-9(17)15-11-8-10(4-5-12(11)19-2)13(18)14-6-3-7-16/h4-5,8,16H,3,6-7H2,1-2H3,(H,14,18)(H,15,17). The summed E-state index contributed by atoms with van der Waals surface area (Å²) >= 11 is 0. The number of aliphatic hydroxyl groups is 1. The molecule has 3 N–H and O–H groups in total. The van der Waals surface area contributed by atoms with Gasteiger partial charge >= 0.3 is 0 Å². The molecule has 0 aliphatic carbocycles. The molecule has 2 amide bonds. The monoisotopic (exact) mass is 266 g/mol. The van der Waals surface area contributed by atoms with E-state index in [4.69, 9.17) is 9.84 Å². The highest BCUT2D eigenvalue weighted by molar-refractivity contribution is 5.97. The molecule has 0 aliphatic heterocycles. The Kier molecular flexibility index (Phi) is 5.81. The number of aliphatic hydroxyl groups excluding tert-OH is 1. The molecule has 1 aromatic carbocycles. The van der Waals surface area contributed by atoms with Gasteiger partial charge < -0.3 is 20.5 Å². The number of nitrogens with one attached hydrogen (secondary N) is 2. The zero-order valence-electron chi connectivity index (χ0n) is 11.0. The Hall–Kier alpha value is -2.08. The van der Waals surface area contributed by atoms with Gasteiger partial charge in [-0.15, -0.1) is 0 Å². The van der Waals surface area contributed by atoms with Gasteiger partial charge in [0.1, 0.15) is 5.75 Å². The van der Waals surface area contributed by atoms with Crippen molar-refractivity contribution < 1.29 is 19.4 Å². The third-order valence-electron chi connectivity index (χ3n) is 2.39. The molecule has 0 aromatic heterocycles. The molecule has 1 aromatic rings. The van der Waals surface area contributed by atoms with E-state index in [-0.39, 0.29) is 18.4 Å². The Morgan fingerprint density at radius 3 is 2.68 bits per heavy atom. The van der Waals surface area contributed by atoms with Gasteiger partial charge in [-0.3, -0.25) is 9.59 Å². The zero-order chi connectivity index (χ0) is 14.3. The van der Waals surface area contributed by atoms with Crippen LogP contribution in [0.1, 0.15) is 23.7 Å². The smallest absolute Gasteiger partial charge is 0.251 e. The third-order valence-corrected chi connectivity index (χ3v) is 2.39. The largest absolute Gasteiger partial charge is 0.495 e. The fraction of sp³-hybridized carbons (Fsp3) is 0.385. The predicted octanol–water partition coefficient (Wildman–Crippen LogP) is 0.766. The van der Waals surface area contributed by atoms with Gasteiger partial charge in [-0.1, -0.05) is 0 Å². The van der Waals surface area contributed by atoms with E-state index in [1.165, 1.54) is 14.0 Å². The first kappa shape index (κ1) is 15.0. The van der Waals surface area contributed by atoms with Gasteiger partial charge in [0.2, 0.25) is 5.91 Å². The number of amides is 2. The van der Waals surface area contributed by atoms with Crippen LogP contribution >= 0.6 is 0 Å². The number of hydrogen-bond donors (Lipinski definition) is 3. The van der Waals surface area contributed by atoms with E-state index in [0.29, 0.717) is 30.0 Å². The summed E-state index contributed by atoms with van der Waals surface area (Å²) in [6, 6.07) is 4.78. The van der Waals surface area contributed by atoms with Crippen molar-refractivity contribution in [2.45, 2.75) is 13.3 Å². The minimum absolute atomic E-state index is 0.0278. The SMILES string of the molecule is COc1ccc(C(=O)NCCCO)cc1NC(C)=O. The van der Waals surface area contributed by atoms with Gasteiger partial charge in [0.05, 0.1) is 12.8 Å². The molecule has 0 aliphatic rings. The number of carbonyl (C=O) groups excluding carboxylic acids is 2. The number of rotatable bonds is 6. The molecule has 1 rings (SSSR count). The van der Waals surface area contributed by atoms with E-state index < -0.39 is 0 Å². The number of anilines is 1. The summed E-state index contributed by atoms with van der Waals surface area (Å²) < 4.78 is 5.10. The molecule has 6 nitrogen and oxygen atoms in total. The van der Waals surface area contributed by atoms with E-state index >= 15 is 0 Å². The van der Waals surface area contributed by atoms with Crippen LogP contribution in [0.25, 0.3) is 0 Å². The van der Waals surface area contributed by atoms with Crippen LogP contribution in [0, 0.1) is 0 Å². The molecule has 0 saturated carbocycles. The number of carbonyl (C=O) groups is 2. The Bertz CT molecular complexity index is 460. The first-order valence-electron chi connectivity index (χ1n) is 5.93. The number of benzene rings is 1. The maximum atomic E-state index is 11.8. The zero-order valence-corrected chi connectivity index (χ0v) is 11.0.